The number of likely N-dealkylation sites (tertiary alicyclic amines) is 1. The third kappa shape index (κ3) is 2.68. The van der Waals surface area contributed by atoms with Gasteiger partial charge in [0.25, 0.3) is 0 Å². The lowest BCUT2D eigenvalue weighted by atomic mass is 9.88. The van der Waals surface area contributed by atoms with Crippen LogP contribution in [0.15, 0.2) is 0 Å². The molecule has 0 radical (unpaired) electrons. The van der Waals surface area contributed by atoms with Crippen LogP contribution in [0.1, 0.15) is 47.0 Å². The van der Waals surface area contributed by atoms with Crippen molar-refractivity contribution in [2.45, 2.75) is 58.1 Å². The van der Waals surface area contributed by atoms with Crippen LogP contribution in [0.4, 0.5) is 0 Å². The molecule has 1 aliphatic heterocycles. The lowest BCUT2D eigenvalue weighted by Gasteiger charge is -2.45. The summed E-state index contributed by atoms with van der Waals surface area (Å²) in [5, 5.41) is 10.2. The highest BCUT2D eigenvalue weighted by molar-refractivity contribution is 4.90. The molecule has 78 valence electrons. The van der Waals surface area contributed by atoms with Gasteiger partial charge in [-0.2, -0.15) is 0 Å². The van der Waals surface area contributed by atoms with Gasteiger partial charge >= 0.3 is 0 Å². The SMILES string of the molecule is CC[C@]1(O)CCCN(C(C)(C)C)C1. The second kappa shape index (κ2) is 3.58. The summed E-state index contributed by atoms with van der Waals surface area (Å²) < 4.78 is 0. The van der Waals surface area contributed by atoms with Crippen LogP contribution >= 0.6 is 0 Å². The van der Waals surface area contributed by atoms with Gasteiger partial charge in [-0.05, 0) is 46.6 Å². The Labute approximate surface area is 81.9 Å². The van der Waals surface area contributed by atoms with Gasteiger partial charge in [0.1, 0.15) is 0 Å². The predicted molar refractivity (Wildman–Crippen MR) is 55.8 cm³/mol. The summed E-state index contributed by atoms with van der Waals surface area (Å²) in [5.74, 6) is 0. The van der Waals surface area contributed by atoms with E-state index in [4.69, 9.17) is 0 Å². The second-order valence-electron chi connectivity index (χ2n) is 5.27. The van der Waals surface area contributed by atoms with Crippen LogP contribution in [0.5, 0.6) is 0 Å². The molecule has 0 aromatic carbocycles. The molecule has 0 spiro atoms. The Morgan fingerprint density at radius 3 is 2.46 bits per heavy atom. The van der Waals surface area contributed by atoms with Gasteiger partial charge in [0, 0.05) is 12.1 Å². The van der Waals surface area contributed by atoms with Crippen molar-refractivity contribution in [3.63, 3.8) is 0 Å². The van der Waals surface area contributed by atoms with E-state index in [0.29, 0.717) is 0 Å². The van der Waals surface area contributed by atoms with E-state index in [2.05, 4.69) is 32.6 Å². The van der Waals surface area contributed by atoms with Crippen LogP contribution in [-0.4, -0.2) is 34.2 Å². The van der Waals surface area contributed by atoms with Crippen LogP contribution in [0.3, 0.4) is 0 Å². The van der Waals surface area contributed by atoms with Crippen molar-refractivity contribution >= 4 is 0 Å². The van der Waals surface area contributed by atoms with Crippen molar-refractivity contribution in [3.05, 3.63) is 0 Å². The lowest BCUT2D eigenvalue weighted by Crippen LogP contribution is -2.54. The van der Waals surface area contributed by atoms with Crippen LogP contribution in [-0.2, 0) is 0 Å². The second-order valence-corrected chi connectivity index (χ2v) is 5.27. The van der Waals surface area contributed by atoms with E-state index in [-0.39, 0.29) is 5.54 Å². The standard InChI is InChI=1S/C11H23NO/c1-5-11(13)7-6-8-12(9-11)10(2,3)4/h13H,5-9H2,1-4H3/t11-/m0/s1. The zero-order valence-electron chi connectivity index (χ0n) is 9.43. The molecule has 0 aromatic rings. The van der Waals surface area contributed by atoms with Gasteiger partial charge in [-0.3, -0.25) is 4.90 Å². The first kappa shape index (κ1) is 11.0. The van der Waals surface area contributed by atoms with E-state index in [9.17, 15) is 5.11 Å². The first-order chi connectivity index (χ1) is 5.87. The molecule has 1 fully saturated rings. The summed E-state index contributed by atoms with van der Waals surface area (Å²) in [5.41, 5.74) is -0.227. The first-order valence-corrected chi connectivity index (χ1v) is 5.35. The number of rotatable bonds is 1. The number of hydrogen-bond acceptors (Lipinski definition) is 2. The molecule has 1 heterocycles. The summed E-state index contributed by atoms with van der Waals surface area (Å²) >= 11 is 0. The van der Waals surface area contributed by atoms with Crippen molar-refractivity contribution in [2.75, 3.05) is 13.1 Å². The van der Waals surface area contributed by atoms with Gasteiger partial charge in [-0.15, -0.1) is 0 Å². The molecule has 0 bridgehead atoms. The van der Waals surface area contributed by atoms with Gasteiger partial charge < -0.3 is 5.11 Å². The highest BCUT2D eigenvalue weighted by Crippen LogP contribution is 2.28. The van der Waals surface area contributed by atoms with E-state index in [1.165, 1.54) is 0 Å². The maximum Gasteiger partial charge on any atom is 0.0772 e. The quantitative estimate of drug-likeness (QED) is 0.675. The number of piperidine rings is 1. The zero-order valence-corrected chi connectivity index (χ0v) is 9.43. The van der Waals surface area contributed by atoms with Crippen LogP contribution in [0.25, 0.3) is 0 Å². The number of nitrogens with zero attached hydrogens (tertiary/aromatic N) is 1. The molecule has 2 nitrogen and oxygen atoms in total. The Hall–Kier alpha value is -0.0800. The van der Waals surface area contributed by atoms with Gasteiger partial charge in [-0.25, -0.2) is 0 Å². The average Bonchev–Trinajstić information content (AvgIpc) is 2.03. The van der Waals surface area contributed by atoms with Crippen molar-refractivity contribution in [2.24, 2.45) is 0 Å². The summed E-state index contributed by atoms with van der Waals surface area (Å²) in [7, 11) is 0. The van der Waals surface area contributed by atoms with Crippen molar-refractivity contribution < 1.29 is 5.11 Å². The van der Waals surface area contributed by atoms with E-state index in [1.807, 2.05) is 0 Å². The molecule has 2 heteroatoms. The summed E-state index contributed by atoms with van der Waals surface area (Å²) in [6, 6.07) is 0. The summed E-state index contributed by atoms with van der Waals surface area (Å²) in [6.45, 7) is 10.7. The third-order valence-corrected chi connectivity index (χ3v) is 3.16. The molecule has 1 atom stereocenters. The minimum Gasteiger partial charge on any atom is -0.389 e. The molecule has 1 rings (SSSR count). The fourth-order valence-electron chi connectivity index (χ4n) is 1.97. The van der Waals surface area contributed by atoms with Gasteiger partial charge in [0.15, 0.2) is 0 Å². The third-order valence-electron chi connectivity index (χ3n) is 3.16. The highest BCUT2D eigenvalue weighted by atomic mass is 16.3. The topological polar surface area (TPSA) is 23.5 Å². The van der Waals surface area contributed by atoms with Crippen molar-refractivity contribution in [3.8, 4) is 0 Å². The Bertz CT molecular complexity index is 173. The zero-order chi connectivity index (χ0) is 10.1. The van der Waals surface area contributed by atoms with E-state index < -0.39 is 5.60 Å². The first-order valence-electron chi connectivity index (χ1n) is 5.35. The Balaban J connectivity index is 2.62. The Morgan fingerprint density at radius 2 is 2.00 bits per heavy atom. The average molecular weight is 185 g/mol. The predicted octanol–water partition coefficient (Wildman–Crippen LogP) is 2.02. The maximum absolute atomic E-state index is 10.2. The molecule has 0 unspecified atom stereocenters. The molecule has 13 heavy (non-hydrogen) atoms. The van der Waals surface area contributed by atoms with Crippen molar-refractivity contribution in [1.29, 1.82) is 0 Å². The molecular weight excluding hydrogens is 162 g/mol. The molecule has 1 N–H and O–H groups in total. The Morgan fingerprint density at radius 1 is 1.38 bits per heavy atom. The van der Waals surface area contributed by atoms with Crippen LogP contribution < -0.4 is 0 Å². The molecule has 0 amide bonds. The fraction of sp³-hybridized carbons (Fsp3) is 1.00. The minimum absolute atomic E-state index is 0.198. The molecule has 0 saturated carbocycles. The van der Waals surface area contributed by atoms with E-state index >= 15 is 0 Å². The number of aliphatic hydroxyl groups is 1. The largest absolute Gasteiger partial charge is 0.389 e. The molecule has 1 saturated heterocycles. The summed E-state index contributed by atoms with van der Waals surface area (Å²) in [4.78, 5) is 2.39. The van der Waals surface area contributed by atoms with Gasteiger partial charge in [0.05, 0.1) is 5.60 Å². The smallest absolute Gasteiger partial charge is 0.0772 e. The molecule has 0 aliphatic carbocycles. The van der Waals surface area contributed by atoms with Gasteiger partial charge in [0.2, 0.25) is 0 Å². The highest BCUT2D eigenvalue weighted by Gasteiger charge is 2.35. The van der Waals surface area contributed by atoms with E-state index in [1.54, 1.807) is 0 Å². The van der Waals surface area contributed by atoms with E-state index in [0.717, 1.165) is 32.4 Å². The van der Waals surface area contributed by atoms with Crippen molar-refractivity contribution in [1.82, 2.24) is 4.90 Å². The lowest BCUT2D eigenvalue weighted by molar-refractivity contribution is -0.0592. The normalized spacial score (nSPS) is 32.1. The monoisotopic (exact) mass is 185 g/mol. The molecule has 0 aromatic heterocycles. The van der Waals surface area contributed by atoms with Crippen LogP contribution in [0, 0.1) is 0 Å². The number of β-amino-alcohol motifs (C(OH)–C–C–N with tert-alkyl or cyclic N) is 1. The summed E-state index contributed by atoms with van der Waals surface area (Å²) in [6.07, 6.45) is 2.97. The molecular formula is C11H23NO. The Kier molecular flexibility index (Phi) is 3.03. The van der Waals surface area contributed by atoms with Gasteiger partial charge in [-0.1, -0.05) is 6.92 Å². The fourth-order valence-corrected chi connectivity index (χ4v) is 1.97. The number of hydrogen-bond donors (Lipinski definition) is 1. The van der Waals surface area contributed by atoms with Crippen LogP contribution in [0.2, 0.25) is 0 Å². The molecule has 1 aliphatic rings. The minimum atomic E-state index is -0.425. The maximum atomic E-state index is 10.2.